The number of thiazole rings is 1. The van der Waals surface area contributed by atoms with Crippen LogP contribution in [0.1, 0.15) is 10.4 Å². The zero-order valence-corrected chi connectivity index (χ0v) is 14.5. The van der Waals surface area contributed by atoms with E-state index in [0.717, 1.165) is 11.3 Å². The number of benzene rings is 1. The lowest BCUT2D eigenvalue weighted by molar-refractivity contribution is -0.148. The van der Waals surface area contributed by atoms with Crippen LogP contribution in [0, 0.1) is 0 Å². The quantitative estimate of drug-likeness (QED) is 0.810. The second-order valence-electron chi connectivity index (χ2n) is 5.03. The van der Waals surface area contributed by atoms with Crippen molar-refractivity contribution in [3.8, 4) is 0 Å². The van der Waals surface area contributed by atoms with Crippen molar-refractivity contribution in [3.63, 3.8) is 0 Å². The summed E-state index contributed by atoms with van der Waals surface area (Å²) in [4.78, 5) is 5.49. The summed E-state index contributed by atoms with van der Waals surface area (Å²) in [5.74, 6) is 0. The van der Waals surface area contributed by atoms with Gasteiger partial charge in [-0.15, -0.1) is 11.3 Å². The second-order valence-corrected chi connectivity index (χ2v) is 8.29. The van der Waals surface area contributed by atoms with E-state index >= 15 is 0 Å². The Morgan fingerprint density at radius 1 is 1.21 bits per heavy atom. The lowest BCUT2D eigenvalue weighted by atomic mass is 10.2. The first-order valence-electron chi connectivity index (χ1n) is 6.54. The predicted octanol–water partition coefficient (Wildman–Crippen LogP) is 3.01. The predicted molar refractivity (Wildman–Crippen MR) is 85.1 cm³/mol. The highest BCUT2D eigenvalue weighted by Crippen LogP contribution is 2.24. The molecule has 24 heavy (non-hydrogen) atoms. The van der Waals surface area contributed by atoms with Crippen molar-refractivity contribution in [2.24, 2.45) is 5.14 Å². The second kappa shape index (κ2) is 7.36. The fourth-order valence-electron chi connectivity index (χ4n) is 2.04. The average molecular weight is 400 g/mol. The molecule has 1 heterocycles. The van der Waals surface area contributed by atoms with E-state index in [1.54, 1.807) is 0 Å². The van der Waals surface area contributed by atoms with Crippen LogP contribution in [0.3, 0.4) is 0 Å². The summed E-state index contributed by atoms with van der Waals surface area (Å²) in [7, 11) is -3.84. The Bertz CT molecular complexity index is 792. The van der Waals surface area contributed by atoms with Crippen LogP contribution in [-0.4, -0.2) is 31.0 Å². The van der Waals surface area contributed by atoms with E-state index in [1.165, 1.54) is 35.4 Å². The van der Waals surface area contributed by atoms with Crippen LogP contribution >= 0.6 is 22.9 Å². The summed E-state index contributed by atoms with van der Waals surface area (Å²) >= 11 is 6.80. The first-order valence-corrected chi connectivity index (χ1v) is 9.28. The highest BCUT2D eigenvalue weighted by atomic mass is 35.5. The van der Waals surface area contributed by atoms with E-state index in [9.17, 15) is 21.6 Å². The molecule has 0 aliphatic rings. The molecule has 2 aromatic rings. The number of aromatic nitrogens is 1. The van der Waals surface area contributed by atoms with Gasteiger partial charge in [0, 0.05) is 24.2 Å². The van der Waals surface area contributed by atoms with Gasteiger partial charge in [-0.25, -0.2) is 18.5 Å². The molecule has 132 valence electrons. The van der Waals surface area contributed by atoms with Gasteiger partial charge in [0.1, 0.15) is 0 Å². The maximum Gasteiger partial charge on any atom is 0.401 e. The molecule has 1 aromatic heterocycles. The minimum atomic E-state index is -4.37. The van der Waals surface area contributed by atoms with Crippen molar-refractivity contribution < 1.29 is 21.6 Å². The molecule has 0 radical (unpaired) electrons. The normalized spacial score (nSPS) is 12.8. The SMILES string of the molecule is NS(=O)(=O)c1ccc(CN(Cc2cnc(Cl)s2)CC(F)(F)F)cc1. The molecule has 0 spiro atoms. The molecule has 0 unspecified atom stereocenters. The van der Waals surface area contributed by atoms with Gasteiger partial charge in [-0.3, -0.25) is 4.90 Å². The van der Waals surface area contributed by atoms with Gasteiger partial charge in [-0.2, -0.15) is 13.2 Å². The van der Waals surface area contributed by atoms with E-state index in [1.807, 2.05) is 0 Å². The Balaban J connectivity index is 2.15. The summed E-state index contributed by atoms with van der Waals surface area (Å²) in [6, 6.07) is 5.39. The Morgan fingerprint density at radius 2 is 1.83 bits per heavy atom. The van der Waals surface area contributed by atoms with Crippen molar-refractivity contribution in [2.45, 2.75) is 24.2 Å². The van der Waals surface area contributed by atoms with E-state index in [0.29, 0.717) is 10.4 Å². The summed E-state index contributed by atoms with van der Waals surface area (Å²) in [6.45, 7) is -1.10. The van der Waals surface area contributed by atoms with Crippen molar-refractivity contribution in [2.75, 3.05) is 6.54 Å². The number of nitrogens with two attached hydrogens (primary N) is 1. The van der Waals surface area contributed by atoms with Crippen LogP contribution in [0.2, 0.25) is 4.47 Å². The van der Waals surface area contributed by atoms with Gasteiger partial charge in [-0.1, -0.05) is 23.7 Å². The molecule has 1 aromatic carbocycles. The Kier molecular flexibility index (Phi) is 5.87. The van der Waals surface area contributed by atoms with E-state index < -0.39 is 22.7 Å². The van der Waals surface area contributed by atoms with Gasteiger partial charge >= 0.3 is 6.18 Å². The molecule has 2 N–H and O–H groups in total. The fraction of sp³-hybridized carbons (Fsp3) is 0.308. The fourth-order valence-corrected chi connectivity index (χ4v) is 3.58. The summed E-state index contributed by atoms with van der Waals surface area (Å²) in [5, 5.41) is 4.99. The van der Waals surface area contributed by atoms with Crippen LogP contribution in [0.4, 0.5) is 13.2 Å². The van der Waals surface area contributed by atoms with Gasteiger partial charge in [0.05, 0.1) is 11.4 Å². The lowest BCUT2D eigenvalue weighted by Crippen LogP contribution is -2.33. The van der Waals surface area contributed by atoms with Crippen molar-refractivity contribution >= 4 is 33.0 Å². The summed E-state index contributed by atoms with van der Waals surface area (Å²) < 4.78 is 60.9. The molecule has 0 saturated carbocycles. The maximum absolute atomic E-state index is 12.8. The number of primary sulfonamides is 1. The van der Waals surface area contributed by atoms with Crippen LogP contribution in [-0.2, 0) is 23.1 Å². The molecule has 11 heteroatoms. The van der Waals surface area contributed by atoms with Crippen molar-refractivity contribution in [1.82, 2.24) is 9.88 Å². The van der Waals surface area contributed by atoms with Crippen LogP contribution < -0.4 is 5.14 Å². The van der Waals surface area contributed by atoms with Crippen LogP contribution in [0.5, 0.6) is 0 Å². The summed E-state index contributed by atoms with van der Waals surface area (Å²) in [6.07, 6.45) is -2.94. The van der Waals surface area contributed by atoms with E-state index in [2.05, 4.69) is 4.98 Å². The highest BCUT2D eigenvalue weighted by molar-refractivity contribution is 7.89. The van der Waals surface area contributed by atoms with Crippen LogP contribution in [0.25, 0.3) is 0 Å². The number of alkyl halides is 3. The number of nitrogens with zero attached hydrogens (tertiary/aromatic N) is 2. The Morgan fingerprint density at radius 3 is 2.29 bits per heavy atom. The Labute approximate surface area is 145 Å². The number of hydrogen-bond acceptors (Lipinski definition) is 5. The minimum absolute atomic E-state index is 0.0140. The monoisotopic (exact) mass is 399 g/mol. The molecule has 5 nitrogen and oxygen atoms in total. The molecule has 0 aliphatic carbocycles. The minimum Gasteiger partial charge on any atom is -0.285 e. The molecule has 0 amide bonds. The molecule has 0 bridgehead atoms. The van der Waals surface area contributed by atoms with E-state index in [4.69, 9.17) is 16.7 Å². The summed E-state index contributed by atoms with van der Waals surface area (Å²) in [5.41, 5.74) is 0.530. The maximum atomic E-state index is 12.8. The first-order chi connectivity index (χ1) is 11.0. The van der Waals surface area contributed by atoms with Crippen molar-refractivity contribution in [1.29, 1.82) is 0 Å². The lowest BCUT2D eigenvalue weighted by Gasteiger charge is -2.23. The third-order valence-electron chi connectivity index (χ3n) is 2.97. The van der Waals surface area contributed by atoms with Crippen molar-refractivity contribution in [3.05, 3.63) is 45.4 Å². The first kappa shape index (κ1) is 19.1. The van der Waals surface area contributed by atoms with E-state index in [-0.39, 0.29) is 22.5 Å². The van der Waals surface area contributed by atoms with Gasteiger partial charge < -0.3 is 0 Å². The third kappa shape index (κ3) is 6.02. The molecular formula is C13H13ClF3N3O2S2. The van der Waals surface area contributed by atoms with Crippen LogP contribution in [0.15, 0.2) is 35.4 Å². The molecule has 0 saturated heterocycles. The number of halogens is 4. The third-order valence-corrected chi connectivity index (χ3v) is 4.99. The van der Waals surface area contributed by atoms with Gasteiger partial charge in [0.15, 0.2) is 4.47 Å². The van der Waals surface area contributed by atoms with Gasteiger partial charge in [0.2, 0.25) is 10.0 Å². The molecular weight excluding hydrogens is 387 g/mol. The smallest absolute Gasteiger partial charge is 0.285 e. The topological polar surface area (TPSA) is 76.3 Å². The van der Waals surface area contributed by atoms with Gasteiger partial charge in [0.25, 0.3) is 0 Å². The standard InChI is InChI=1S/C13H13ClF3N3O2S2/c14-12-19-5-10(23-12)7-20(8-13(15,16)17)6-9-1-3-11(4-2-9)24(18,21)22/h1-5H,6-8H2,(H2,18,21,22). The molecule has 0 aliphatic heterocycles. The molecule has 2 rings (SSSR count). The van der Waals surface area contributed by atoms with Gasteiger partial charge in [-0.05, 0) is 17.7 Å². The zero-order chi connectivity index (χ0) is 18.0. The number of hydrogen-bond donors (Lipinski definition) is 1. The molecule has 0 fully saturated rings. The highest BCUT2D eigenvalue weighted by Gasteiger charge is 2.31. The number of rotatable bonds is 6. The average Bonchev–Trinajstić information content (AvgIpc) is 2.81. The largest absolute Gasteiger partial charge is 0.401 e. The number of sulfonamides is 1. The zero-order valence-electron chi connectivity index (χ0n) is 12.1. The Hall–Kier alpha value is -1.20. The molecule has 0 atom stereocenters.